The van der Waals surface area contributed by atoms with Crippen LogP contribution >= 0.6 is 0 Å². The van der Waals surface area contributed by atoms with Gasteiger partial charge in [0.2, 0.25) is 5.91 Å². The summed E-state index contributed by atoms with van der Waals surface area (Å²) in [6.45, 7) is 4.17. The highest BCUT2D eigenvalue weighted by Gasteiger charge is 2.17. The van der Waals surface area contributed by atoms with Crippen molar-refractivity contribution < 1.29 is 15.0 Å². The molecule has 4 nitrogen and oxygen atoms in total. The number of hydrogen-bond donors (Lipinski definition) is 3. The Labute approximate surface area is 348 Å². The molecule has 0 spiro atoms. The first-order chi connectivity index (χ1) is 27.7. The molecule has 0 bridgehead atoms. The van der Waals surface area contributed by atoms with E-state index in [1.165, 1.54) is 122 Å². The molecule has 0 aliphatic carbocycles. The summed E-state index contributed by atoms with van der Waals surface area (Å²) in [4.78, 5) is 12.4. The van der Waals surface area contributed by atoms with E-state index in [9.17, 15) is 15.0 Å². The van der Waals surface area contributed by atoms with Gasteiger partial charge in [0.1, 0.15) is 0 Å². The molecule has 2 atom stereocenters. The Kier molecular flexibility index (Phi) is 44.9. The summed E-state index contributed by atoms with van der Waals surface area (Å²) in [6.07, 6.45) is 68.5. The fourth-order valence-electron chi connectivity index (χ4n) is 6.73. The fraction of sp³-hybridized carbons (Fsp3) is 0.712. The van der Waals surface area contributed by atoms with Crippen LogP contribution in [0.1, 0.15) is 219 Å². The molecule has 0 aliphatic heterocycles. The Hall–Kier alpha value is -2.43. The highest BCUT2D eigenvalue weighted by molar-refractivity contribution is 5.76. The summed E-state index contributed by atoms with van der Waals surface area (Å²) in [7, 11) is 0. The van der Waals surface area contributed by atoms with Crippen LogP contribution in [-0.2, 0) is 4.79 Å². The van der Waals surface area contributed by atoms with Gasteiger partial charge in [0.25, 0.3) is 0 Å². The number of carbonyl (C=O) groups is 1. The minimum Gasteiger partial charge on any atom is -0.394 e. The SMILES string of the molecule is CC/C=C\C/C=C\C/C=C\C/C=C\CCCCCCCCC(=O)NC(CO)C(O)/C=C/CC/C=C/CC/C=C/CCCCCCCCCCCCCCCCC. The number of aliphatic hydroxyl groups excluding tert-OH is 2. The zero-order valence-electron chi connectivity index (χ0n) is 36.9. The van der Waals surface area contributed by atoms with Crippen molar-refractivity contribution in [2.45, 2.75) is 231 Å². The summed E-state index contributed by atoms with van der Waals surface area (Å²) in [6, 6.07) is -0.659. The van der Waals surface area contributed by atoms with Crippen molar-refractivity contribution in [1.29, 1.82) is 0 Å². The maximum Gasteiger partial charge on any atom is 0.220 e. The van der Waals surface area contributed by atoms with Crippen molar-refractivity contribution in [2.24, 2.45) is 0 Å². The van der Waals surface area contributed by atoms with E-state index in [0.29, 0.717) is 6.42 Å². The third-order valence-corrected chi connectivity index (χ3v) is 10.3. The van der Waals surface area contributed by atoms with Crippen molar-refractivity contribution in [3.8, 4) is 0 Å². The van der Waals surface area contributed by atoms with E-state index in [1.54, 1.807) is 6.08 Å². The summed E-state index contributed by atoms with van der Waals surface area (Å²) in [5.41, 5.74) is 0. The largest absolute Gasteiger partial charge is 0.394 e. The highest BCUT2D eigenvalue weighted by atomic mass is 16.3. The van der Waals surface area contributed by atoms with Crippen LogP contribution in [0.2, 0.25) is 0 Å². The molecule has 0 aliphatic rings. The predicted octanol–water partition coefficient (Wildman–Crippen LogP) is 15.2. The Morgan fingerprint density at radius 3 is 1.25 bits per heavy atom. The zero-order valence-corrected chi connectivity index (χ0v) is 36.9. The van der Waals surface area contributed by atoms with E-state index in [2.05, 4.69) is 92.1 Å². The maximum absolute atomic E-state index is 12.4. The lowest BCUT2D eigenvalue weighted by atomic mass is 10.0. The third kappa shape index (κ3) is 42.7. The third-order valence-electron chi connectivity index (χ3n) is 10.3. The first-order valence-corrected chi connectivity index (χ1v) is 23.8. The summed E-state index contributed by atoms with van der Waals surface area (Å²) in [5.74, 6) is -0.0948. The highest BCUT2D eigenvalue weighted by Crippen LogP contribution is 2.14. The van der Waals surface area contributed by atoms with E-state index < -0.39 is 12.1 Å². The van der Waals surface area contributed by atoms with E-state index in [0.717, 1.165) is 77.0 Å². The normalized spacial score (nSPS) is 13.7. The second-order valence-electron chi connectivity index (χ2n) is 15.8. The van der Waals surface area contributed by atoms with E-state index in [-0.39, 0.29) is 12.5 Å². The molecule has 0 aromatic carbocycles. The summed E-state index contributed by atoms with van der Waals surface area (Å²) in [5, 5.41) is 23.0. The topological polar surface area (TPSA) is 69.6 Å². The zero-order chi connectivity index (χ0) is 40.7. The molecule has 3 N–H and O–H groups in total. The summed E-state index contributed by atoms with van der Waals surface area (Å²) >= 11 is 0. The van der Waals surface area contributed by atoms with E-state index >= 15 is 0 Å². The van der Waals surface area contributed by atoms with Gasteiger partial charge in [-0.3, -0.25) is 4.79 Å². The van der Waals surface area contributed by atoms with Crippen molar-refractivity contribution in [1.82, 2.24) is 5.32 Å². The van der Waals surface area contributed by atoms with Gasteiger partial charge >= 0.3 is 0 Å². The number of aliphatic hydroxyl groups is 2. The lowest BCUT2D eigenvalue weighted by Crippen LogP contribution is -2.45. The van der Waals surface area contributed by atoms with Gasteiger partial charge in [0.05, 0.1) is 18.8 Å². The number of amides is 1. The van der Waals surface area contributed by atoms with Crippen LogP contribution in [0.4, 0.5) is 0 Å². The molecule has 0 aromatic heterocycles. The standard InChI is InChI=1S/C52H91NO3/c1-3-5-7-9-11-13-15-17-19-21-23-24-25-26-27-28-30-31-33-35-37-39-41-43-45-47-51(55)50(49-54)53-52(56)48-46-44-42-40-38-36-34-32-29-22-20-18-16-14-12-10-8-6-4-2/h6,8,12,14,18,20,29-32,37,39,45,47,50-51,54-55H,3-5,7,9-11,13,15-17,19,21-28,33-36,38,40-44,46,48-49H2,1-2H3,(H,53,56)/b8-6-,14-12-,20-18-,31-30+,32-29-,39-37+,47-45+. The first kappa shape index (κ1) is 53.6. The lowest BCUT2D eigenvalue weighted by Gasteiger charge is -2.19. The number of unbranched alkanes of at least 4 members (excludes halogenated alkanes) is 23. The van der Waals surface area contributed by atoms with E-state index in [1.807, 2.05) is 6.08 Å². The van der Waals surface area contributed by atoms with Gasteiger partial charge in [-0.25, -0.2) is 0 Å². The molecule has 0 radical (unpaired) electrons. The van der Waals surface area contributed by atoms with Crippen LogP contribution in [0.5, 0.6) is 0 Å². The molecule has 2 unspecified atom stereocenters. The van der Waals surface area contributed by atoms with Crippen molar-refractivity contribution in [2.75, 3.05) is 6.61 Å². The predicted molar refractivity (Wildman–Crippen MR) is 248 cm³/mol. The summed E-state index contributed by atoms with van der Waals surface area (Å²) < 4.78 is 0. The van der Waals surface area contributed by atoms with Crippen molar-refractivity contribution >= 4 is 5.91 Å². The number of rotatable bonds is 42. The second-order valence-corrected chi connectivity index (χ2v) is 15.8. The molecule has 0 aromatic rings. The van der Waals surface area contributed by atoms with Gasteiger partial charge in [0.15, 0.2) is 0 Å². The van der Waals surface area contributed by atoms with Crippen LogP contribution in [0.25, 0.3) is 0 Å². The smallest absolute Gasteiger partial charge is 0.220 e. The molecular weight excluding hydrogens is 687 g/mol. The Morgan fingerprint density at radius 1 is 0.446 bits per heavy atom. The van der Waals surface area contributed by atoms with Gasteiger partial charge in [-0.15, -0.1) is 0 Å². The number of hydrogen-bond acceptors (Lipinski definition) is 3. The molecule has 0 saturated heterocycles. The monoisotopic (exact) mass is 778 g/mol. The molecule has 322 valence electrons. The number of carbonyl (C=O) groups excluding carboxylic acids is 1. The Bertz CT molecular complexity index is 1020. The fourth-order valence-corrected chi connectivity index (χ4v) is 6.73. The second kappa shape index (κ2) is 46.9. The minimum absolute atomic E-state index is 0.0948. The Morgan fingerprint density at radius 2 is 0.804 bits per heavy atom. The first-order valence-electron chi connectivity index (χ1n) is 23.8. The molecule has 0 saturated carbocycles. The molecule has 0 heterocycles. The average molecular weight is 778 g/mol. The molecular formula is C52H91NO3. The molecule has 4 heteroatoms. The van der Waals surface area contributed by atoms with E-state index in [4.69, 9.17) is 0 Å². The van der Waals surface area contributed by atoms with Gasteiger partial charge in [0, 0.05) is 6.42 Å². The van der Waals surface area contributed by atoms with Gasteiger partial charge in [-0.05, 0) is 83.5 Å². The quantitative estimate of drug-likeness (QED) is 0.0427. The van der Waals surface area contributed by atoms with Crippen LogP contribution in [0, 0.1) is 0 Å². The van der Waals surface area contributed by atoms with Crippen LogP contribution < -0.4 is 5.32 Å². The molecule has 1 amide bonds. The average Bonchev–Trinajstić information content (AvgIpc) is 3.20. The minimum atomic E-state index is -0.882. The maximum atomic E-state index is 12.4. The van der Waals surface area contributed by atoms with Gasteiger partial charge in [-0.1, -0.05) is 214 Å². The van der Waals surface area contributed by atoms with Crippen LogP contribution in [0.15, 0.2) is 85.1 Å². The van der Waals surface area contributed by atoms with Crippen LogP contribution in [0.3, 0.4) is 0 Å². The van der Waals surface area contributed by atoms with Crippen molar-refractivity contribution in [3.05, 3.63) is 85.1 Å². The number of allylic oxidation sites excluding steroid dienone is 13. The number of nitrogens with one attached hydrogen (secondary N) is 1. The molecule has 56 heavy (non-hydrogen) atoms. The van der Waals surface area contributed by atoms with Gasteiger partial charge in [-0.2, -0.15) is 0 Å². The molecule has 0 fully saturated rings. The Balaban J connectivity index is 3.67. The van der Waals surface area contributed by atoms with Crippen LogP contribution in [-0.4, -0.2) is 34.9 Å². The van der Waals surface area contributed by atoms with Crippen molar-refractivity contribution in [3.63, 3.8) is 0 Å². The lowest BCUT2D eigenvalue weighted by molar-refractivity contribution is -0.123. The molecule has 0 rings (SSSR count). The van der Waals surface area contributed by atoms with Gasteiger partial charge < -0.3 is 15.5 Å².